The lowest BCUT2D eigenvalue weighted by atomic mass is 10.0. The van der Waals surface area contributed by atoms with Crippen LogP contribution in [0.3, 0.4) is 0 Å². The molecule has 1 fully saturated rings. The van der Waals surface area contributed by atoms with Gasteiger partial charge < -0.3 is 5.32 Å². The number of halogens is 2. The van der Waals surface area contributed by atoms with E-state index >= 15 is 0 Å². The van der Waals surface area contributed by atoms with E-state index in [2.05, 4.69) is 39.9 Å². The van der Waals surface area contributed by atoms with Crippen molar-refractivity contribution in [1.29, 1.82) is 0 Å². The molecule has 1 unspecified atom stereocenters. The van der Waals surface area contributed by atoms with Gasteiger partial charge in [0, 0.05) is 12.1 Å². The standard InChI is InChI=1S/C15H21ClFN/c1-9(10-6-7-12(17)11(16)8-10)18-13-14(2,3)15(13,4)5/h6-9,13,18H,1-5H3. The lowest BCUT2D eigenvalue weighted by molar-refractivity contribution is 0.457. The van der Waals surface area contributed by atoms with Crippen LogP contribution in [0.15, 0.2) is 18.2 Å². The number of nitrogens with one attached hydrogen (secondary N) is 1. The van der Waals surface area contributed by atoms with E-state index < -0.39 is 0 Å². The van der Waals surface area contributed by atoms with Crippen molar-refractivity contribution in [3.63, 3.8) is 0 Å². The molecule has 2 rings (SSSR count). The lowest BCUT2D eigenvalue weighted by Crippen LogP contribution is -2.25. The Labute approximate surface area is 114 Å². The maximum absolute atomic E-state index is 13.1. The molecule has 1 aliphatic carbocycles. The fourth-order valence-corrected chi connectivity index (χ4v) is 2.93. The minimum absolute atomic E-state index is 0.175. The number of benzene rings is 1. The third kappa shape index (κ3) is 2.06. The molecule has 1 aromatic rings. The zero-order valence-electron chi connectivity index (χ0n) is 11.6. The summed E-state index contributed by atoms with van der Waals surface area (Å²) < 4.78 is 13.1. The van der Waals surface area contributed by atoms with Crippen LogP contribution in [-0.4, -0.2) is 6.04 Å². The molecule has 18 heavy (non-hydrogen) atoms. The third-order valence-electron chi connectivity index (χ3n) is 4.88. The molecule has 3 heteroatoms. The Morgan fingerprint density at radius 3 is 2.22 bits per heavy atom. The molecule has 0 bridgehead atoms. The number of rotatable bonds is 3. The van der Waals surface area contributed by atoms with Crippen LogP contribution in [0, 0.1) is 16.6 Å². The van der Waals surface area contributed by atoms with Crippen LogP contribution in [0.25, 0.3) is 0 Å². The van der Waals surface area contributed by atoms with Crippen LogP contribution in [0.4, 0.5) is 4.39 Å². The Bertz CT molecular complexity index is 454. The van der Waals surface area contributed by atoms with E-state index in [1.165, 1.54) is 6.07 Å². The molecule has 0 radical (unpaired) electrons. The van der Waals surface area contributed by atoms with Crippen molar-refractivity contribution in [3.05, 3.63) is 34.6 Å². The summed E-state index contributed by atoms with van der Waals surface area (Å²) in [5, 5.41) is 3.81. The number of hydrogen-bond acceptors (Lipinski definition) is 1. The number of hydrogen-bond donors (Lipinski definition) is 1. The molecule has 1 nitrogen and oxygen atoms in total. The highest BCUT2D eigenvalue weighted by Crippen LogP contribution is 2.63. The van der Waals surface area contributed by atoms with Crippen molar-refractivity contribution >= 4 is 11.6 Å². The fraction of sp³-hybridized carbons (Fsp3) is 0.600. The summed E-state index contributed by atoms with van der Waals surface area (Å²) in [7, 11) is 0. The minimum atomic E-state index is -0.361. The van der Waals surface area contributed by atoms with Crippen LogP contribution in [0.2, 0.25) is 5.02 Å². The Morgan fingerprint density at radius 2 is 1.78 bits per heavy atom. The molecule has 1 N–H and O–H groups in total. The van der Waals surface area contributed by atoms with Crippen LogP contribution >= 0.6 is 11.6 Å². The zero-order chi connectivity index (χ0) is 13.7. The second-order valence-corrected chi connectivity index (χ2v) is 6.85. The summed E-state index contributed by atoms with van der Waals surface area (Å²) in [4.78, 5) is 0. The maximum atomic E-state index is 13.1. The van der Waals surface area contributed by atoms with Crippen molar-refractivity contribution in [1.82, 2.24) is 5.32 Å². The van der Waals surface area contributed by atoms with E-state index in [4.69, 9.17) is 11.6 Å². The Morgan fingerprint density at radius 1 is 1.22 bits per heavy atom. The van der Waals surface area contributed by atoms with Gasteiger partial charge in [-0.3, -0.25) is 0 Å². The van der Waals surface area contributed by atoms with E-state index in [0.717, 1.165) is 5.56 Å². The second kappa shape index (κ2) is 4.21. The highest BCUT2D eigenvalue weighted by Gasteiger charge is 2.64. The van der Waals surface area contributed by atoms with Gasteiger partial charge in [-0.15, -0.1) is 0 Å². The van der Waals surface area contributed by atoms with Crippen LogP contribution < -0.4 is 5.32 Å². The van der Waals surface area contributed by atoms with E-state index in [-0.39, 0.29) is 16.9 Å². The second-order valence-electron chi connectivity index (χ2n) is 6.44. The molecule has 1 aromatic carbocycles. The summed E-state index contributed by atoms with van der Waals surface area (Å²) in [5.74, 6) is -0.361. The van der Waals surface area contributed by atoms with Crippen LogP contribution in [0.5, 0.6) is 0 Å². The Balaban J connectivity index is 2.10. The van der Waals surface area contributed by atoms with Crippen LogP contribution in [-0.2, 0) is 0 Å². The SMILES string of the molecule is CC(NC1C(C)(C)C1(C)C)c1ccc(F)c(Cl)c1. The summed E-state index contributed by atoms with van der Waals surface area (Å²) in [6, 6.07) is 5.58. The first-order chi connectivity index (χ1) is 8.18. The van der Waals surface area contributed by atoms with Crippen LogP contribution in [0.1, 0.15) is 46.2 Å². The average Bonchev–Trinajstić information content (AvgIpc) is 2.65. The molecule has 100 valence electrons. The van der Waals surface area contributed by atoms with Crippen molar-refractivity contribution in [2.45, 2.75) is 46.7 Å². The average molecular weight is 270 g/mol. The first-order valence-electron chi connectivity index (χ1n) is 6.39. The monoisotopic (exact) mass is 269 g/mol. The first-order valence-corrected chi connectivity index (χ1v) is 6.76. The molecule has 1 atom stereocenters. The molecule has 1 aliphatic rings. The van der Waals surface area contributed by atoms with Gasteiger partial charge in [0.2, 0.25) is 0 Å². The Hall–Kier alpha value is -0.600. The maximum Gasteiger partial charge on any atom is 0.141 e. The van der Waals surface area contributed by atoms with E-state index in [9.17, 15) is 4.39 Å². The van der Waals surface area contributed by atoms with Gasteiger partial charge in [0.15, 0.2) is 0 Å². The normalized spacial score (nSPS) is 22.8. The zero-order valence-corrected chi connectivity index (χ0v) is 12.4. The van der Waals surface area contributed by atoms with Gasteiger partial charge in [0.25, 0.3) is 0 Å². The molecule has 0 aliphatic heterocycles. The highest BCUT2D eigenvalue weighted by atomic mass is 35.5. The van der Waals surface area contributed by atoms with Gasteiger partial charge in [0.05, 0.1) is 5.02 Å². The van der Waals surface area contributed by atoms with E-state index in [0.29, 0.717) is 16.9 Å². The van der Waals surface area contributed by atoms with Gasteiger partial charge in [-0.05, 0) is 35.4 Å². The first kappa shape index (κ1) is 13.8. The molecule has 0 saturated heterocycles. The quantitative estimate of drug-likeness (QED) is 0.848. The van der Waals surface area contributed by atoms with Crippen molar-refractivity contribution in [2.24, 2.45) is 10.8 Å². The van der Waals surface area contributed by atoms with Gasteiger partial charge in [-0.1, -0.05) is 45.4 Å². The van der Waals surface area contributed by atoms with Crippen molar-refractivity contribution in [3.8, 4) is 0 Å². The molecule has 0 spiro atoms. The smallest absolute Gasteiger partial charge is 0.141 e. The predicted molar refractivity (Wildman–Crippen MR) is 74.3 cm³/mol. The fourth-order valence-electron chi connectivity index (χ4n) is 2.74. The largest absolute Gasteiger partial charge is 0.306 e. The molecule has 0 amide bonds. The lowest BCUT2D eigenvalue weighted by Gasteiger charge is -2.16. The minimum Gasteiger partial charge on any atom is -0.306 e. The molecular weight excluding hydrogens is 249 g/mol. The van der Waals surface area contributed by atoms with Crippen molar-refractivity contribution < 1.29 is 4.39 Å². The summed E-state index contributed by atoms with van der Waals surface area (Å²) in [5.41, 5.74) is 1.62. The van der Waals surface area contributed by atoms with Gasteiger partial charge >= 0.3 is 0 Å². The molecule has 1 saturated carbocycles. The molecule has 0 aromatic heterocycles. The topological polar surface area (TPSA) is 12.0 Å². The van der Waals surface area contributed by atoms with E-state index in [1.807, 2.05) is 0 Å². The predicted octanol–water partition coefficient (Wildman–Crippen LogP) is 4.56. The van der Waals surface area contributed by atoms with Gasteiger partial charge in [-0.25, -0.2) is 4.39 Å². The summed E-state index contributed by atoms with van der Waals surface area (Å²) in [6.07, 6.45) is 0. The molecule has 0 heterocycles. The highest BCUT2D eigenvalue weighted by molar-refractivity contribution is 6.30. The Kier molecular flexibility index (Phi) is 3.23. The third-order valence-corrected chi connectivity index (χ3v) is 5.17. The van der Waals surface area contributed by atoms with Gasteiger partial charge in [-0.2, -0.15) is 0 Å². The summed E-state index contributed by atoms with van der Waals surface area (Å²) >= 11 is 5.82. The van der Waals surface area contributed by atoms with E-state index in [1.54, 1.807) is 12.1 Å². The van der Waals surface area contributed by atoms with Gasteiger partial charge in [0.1, 0.15) is 5.82 Å². The summed E-state index contributed by atoms with van der Waals surface area (Å²) in [6.45, 7) is 11.2. The molecular formula is C15H21ClFN. The van der Waals surface area contributed by atoms with Crippen molar-refractivity contribution in [2.75, 3.05) is 0 Å².